The lowest BCUT2D eigenvalue weighted by Crippen LogP contribution is -2.28. The van der Waals surface area contributed by atoms with Gasteiger partial charge in [-0.2, -0.15) is 5.10 Å². The number of rotatable bonds is 6. The first-order valence-corrected chi connectivity index (χ1v) is 6.45. The Morgan fingerprint density at radius 3 is 2.75 bits per heavy atom. The summed E-state index contributed by atoms with van der Waals surface area (Å²) < 4.78 is 5.50. The highest BCUT2D eigenvalue weighted by Crippen LogP contribution is 2.09. The van der Waals surface area contributed by atoms with Crippen molar-refractivity contribution in [2.24, 2.45) is 0 Å². The third-order valence-corrected chi connectivity index (χ3v) is 2.78. The molecule has 2 aromatic rings. The van der Waals surface area contributed by atoms with Gasteiger partial charge >= 0.3 is 0 Å². The molecule has 1 amide bonds. The molecule has 0 unspecified atom stereocenters. The number of ether oxygens (including phenoxy) is 1. The largest absolute Gasteiger partial charge is 0.493 e. The van der Waals surface area contributed by atoms with Crippen LogP contribution in [0.15, 0.2) is 30.3 Å². The van der Waals surface area contributed by atoms with E-state index in [-0.39, 0.29) is 5.91 Å². The highest BCUT2D eigenvalue weighted by Gasteiger charge is 2.11. The number of aromatic nitrogens is 3. The zero-order chi connectivity index (χ0) is 14.4. The monoisotopic (exact) mass is 274 g/mol. The van der Waals surface area contributed by atoms with E-state index in [9.17, 15) is 4.79 Å². The number of hydrogen-bond donors (Lipinski definition) is 1. The van der Waals surface area contributed by atoms with Crippen molar-refractivity contribution in [3.63, 3.8) is 0 Å². The molecule has 6 heteroatoms. The molecule has 0 saturated carbocycles. The summed E-state index contributed by atoms with van der Waals surface area (Å²) in [5.41, 5.74) is 0. The molecule has 0 bridgehead atoms. The van der Waals surface area contributed by atoms with Crippen molar-refractivity contribution in [3.05, 3.63) is 42.0 Å². The molecule has 0 aliphatic rings. The highest BCUT2D eigenvalue weighted by molar-refractivity contribution is 5.75. The molecule has 0 saturated heterocycles. The number of nitrogens with one attached hydrogen (secondary N) is 1. The van der Waals surface area contributed by atoms with E-state index in [0.717, 1.165) is 11.6 Å². The maximum atomic E-state index is 11.9. The zero-order valence-corrected chi connectivity index (χ0v) is 11.7. The first-order valence-electron chi connectivity index (χ1n) is 6.45. The summed E-state index contributed by atoms with van der Waals surface area (Å²) in [5, 5.41) is 6.76. The van der Waals surface area contributed by atoms with Crippen molar-refractivity contribution >= 4 is 5.91 Å². The Kier molecular flexibility index (Phi) is 4.70. The van der Waals surface area contributed by atoms with Crippen LogP contribution >= 0.6 is 0 Å². The molecule has 0 aliphatic heterocycles. The van der Waals surface area contributed by atoms with Gasteiger partial charge in [0.25, 0.3) is 0 Å². The number of carbonyl (C=O) groups is 1. The minimum atomic E-state index is 0.00313. The number of para-hydroxylation sites is 1. The Morgan fingerprint density at radius 2 is 2.10 bits per heavy atom. The fourth-order valence-corrected chi connectivity index (χ4v) is 1.72. The van der Waals surface area contributed by atoms with Crippen molar-refractivity contribution in [1.29, 1.82) is 0 Å². The summed E-state index contributed by atoms with van der Waals surface area (Å²) in [6.45, 7) is 2.58. The van der Waals surface area contributed by atoms with Crippen LogP contribution < -0.4 is 4.74 Å². The molecule has 0 spiro atoms. The molecule has 1 aromatic heterocycles. The quantitative estimate of drug-likeness (QED) is 0.867. The number of carbonyl (C=O) groups excluding carboxylic acids is 1. The number of hydrogen-bond acceptors (Lipinski definition) is 4. The van der Waals surface area contributed by atoms with E-state index >= 15 is 0 Å². The number of aryl methyl sites for hydroxylation is 1. The molecule has 0 aliphatic carbocycles. The van der Waals surface area contributed by atoms with Gasteiger partial charge in [0.05, 0.1) is 19.6 Å². The molecule has 6 nitrogen and oxygen atoms in total. The van der Waals surface area contributed by atoms with Gasteiger partial charge in [-0.3, -0.25) is 9.89 Å². The van der Waals surface area contributed by atoms with Crippen LogP contribution in [0.3, 0.4) is 0 Å². The van der Waals surface area contributed by atoms with Crippen molar-refractivity contribution in [1.82, 2.24) is 20.1 Å². The van der Waals surface area contributed by atoms with Crippen molar-refractivity contribution in [2.45, 2.75) is 19.9 Å². The SMILES string of the molecule is Cc1nc(CN(C)C(=O)CCOc2ccccc2)n[nH]1. The molecule has 1 heterocycles. The summed E-state index contributed by atoms with van der Waals surface area (Å²) in [6, 6.07) is 9.45. The maximum absolute atomic E-state index is 11.9. The van der Waals surface area contributed by atoms with Gasteiger partial charge in [-0.25, -0.2) is 4.98 Å². The van der Waals surface area contributed by atoms with Crippen LogP contribution in [-0.2, 0) is 11.3 Å². The second-order valence-corrected chi connectivity index (χ2v) is 4.50. The molecule has 1 aromatic carbocycles. The van der Waals surface area contributed by atoms with E-state index in [0.29, 0.717) is 25.4 Å². The first-order chi connectivity index (χ1) is 9.65. The van der Waals surface area contributed by atoms with Crippen LogP contribution in [0.25, 0.3) is 0 Å². The lowest BCUT2D eigenvalue weighted by atomic mass is 10.3. The number of H-pyrrole nitrogens is 1. The van der Waals surface area contributed by atoms with E-state index in [1.807, 2.05) is 37.3 Å². The van der Waals surface area contributed by atoms with Gasteiger partial charge in [0.15, 0.2) is 5.82 Å². The first kappa shape index (κ1) is 14.0. The molecular weight excluding hydrogens is 256 g/mol. The van der Waals surface area contributed by atoms with Crippen LogP contribution in [0.4, 0.5) is 0 Å². The predicted octanol–water partition coefficient (Wildman–Crippen LogP) is 1.54. The number of benzene rings is 1. The normalized spacial score (nSPS) is 10.3. The summed E-state index contributed by atoms with van der Waals surface area (Å²) in [6.07, 6.45) is 0.328. The topological polar surface area (TPSA) is 71.1 Å². The van der Waals surface area contributed by atoms with Gasteiger partial charge in [-0.15, -0.1) is 0 Å². The van der Waals surface area contributed by atoms with Crippen LogP contribution in [-0.4, -0.2) is 39.6 Å². The fourth-order valence-electron chi connectivity index (χ4n) is 1.72. The van der Waals surface area contributed by atoms with Crippen molar-refractivity contribution in [2.75, 3.05) is 13.7 Å². The third kappa shape index (κ3) is 4.08. The maximum Gasteiger partial charge on any atom is 0.226 e. The van der Waals surface area contributed by atoms with E-state index in [1.165, 1.54) is 0 Å². The molecule has 106 valence electrons. The molecular formula is C14H18N4O2. The lowest BCUT2D eigenvalue weighted by Gasteiger charge is -2.15. The fraction of sp³-hybridized carbons (Fsp3) is 0.357. The van der Waals surface area contributed by atoms with Crippen LogP contribution in [0.2, 0.25) is 0 Å². The lowest BCUT2D eigenvalue weighted by molar-refractivity contribution is -0.131. The average Bonchev–Trinajstić information content (AvgIpc) is 2.85. The van der Waals surface area contributed by atoms with E-state index in [2.05, 4.69) is 15.2 Å². The number of nitrogens with zero attached hydrogens (tertiary/aromatic N) is 3. The van der Waals surface area contributed by atoms with Gasteiger partial charge < -0.3 is 9.64 Å². The number of amides is 1. The minimum Gasteiger partial charge on any atom is -0.493 e. The Balaban J connectivity index is 1.74. The molecule has 0 atom stereocenters. The summed E-state index contributed by atoms with van der Waals surface area (Å²) in [5.74, 6) is 2.13. The Labute approximate surface area is 117 Å². The second-order valence-electron chi connectivity index (χ2n) is 4.50. The van der Waals surface area contributed by atoms with Gasteiger partial charge in [0, 0.05) is 7.05 Å². The van der Waals surface area contributed by atoms with Crippen LogP contribution in [0.5, 0.6) is 5.75 Å². The molecule has 1 N–H and O–H groups in total. The second kappa shape index (κ2) is 6.70. The van der Waals surface area contributed by atoms with Gasteiger partial charge in [0.2, 0.25) is 5.91 Å². The summed E-state index contributed by atoms with van der Waals surface area (Å²) in [7, 11) is 1.73. The molecule has 20 heavy (non-hydrogen) atoms. The standard InChI is InChI=1S/C14H18N4O2/c1-11-15-13(17-16-11)10-18(2)14(19)8-9-20-12-6-4-3-5-7-12/h3-7H,8-10H2,1-2H3,(H,15,16,17). The molecule has 2 rings (SSSR count). The predicted molar refractivity (Wildman–Crippen MR) is 74.1 cm³/mol. The Morgan fingerprint density at radius 1 is 1.35 bits per heavy atom. The summed E-state index contributed by atoms with van der Waals surface area (Å²) >= 11 is 0. The van der Waals surface area contributed by atoms with Gasteiger partial charge in [-0.1, -0.05) is 18.2 Å². The molecule has 0 radical (unpaired) electrons. The van der Waals surface area contributed by atoms with Crippen LogP contribution in [0, 0.1) is 6.92 Å². The van der Waals surface area contributed by atoms with E-state index in [1.54, 1.807) is 11.9 Å². The average molecular weight is 274 g/mol. The number of aromatic amines is 1. The molecule has 0 fully saturated rings. The Bertz CT molecular complexity index is 553. The van der Waals surface area contributed by atoms with Crippen molar-refractivity contribution < 1.29 is 9.53 Å². The summed E-state index contributed by atoms with van der Waals surface area (Å²) in [4.78, 5) is 17.7. The highest BCUT2D eigenvalue weighted by atomic mass is 16.5. The van der Waals surface area contributed by atoms with Crippen LogP contribution in [0.1, 0.15) is 18.1 Å². The zero-order valence-electron chi connectivity index (χ0n) is 11.7. The van der Waals surface area contributed by atoms with E-state index < -0.39 is 0 Å². The third-order valence-electron chi connectivity index (χ3n) is 2.78. The minimum absolute atomic E-state index is 0.00313. The Hall–Kier alpha value is -2.37. The smallest absolute Gasteiger partial charge is 0.226 e. The van der Waals surface area contributed by atoms with Crippen molar-refractivity contribution in [3.8, 4) is 5.75 Å². The van der Waals surface area contributed by atoms with Gasteiger partial charge in [-0.05, 0) is 19.1 Å². The van der Waals surface area contributed by atoms with Gasteiger partial charge in [0.1, 0.15) is 11.6 Å². The van der Waals surface area contributed by atoms with E-state index in [4.69, 9.17) is 4.74 Å².